The van der Waals surface area contributed by atoms with Crippen molar-refractivity contribution >= 4 is 16.9 Å². The number of hydrogen-bond acceptors (Lipinski definition) is 6. The molecule has 0 amide bonds. The lowest BCUT2D eigenvalue weighted by molar-refractivity contribution is -0.136. The molecule has 0 radical (unpaired) electrons. The van der Waals surface area contributed by atoms with Crippen molar-refractivity contribution in [2.24, 2.45) is 11.5 Å². The van der Waals surface area contributed by atoms with Crippen molar-refractivity contribution < 1.29 is 19.1 Å². The van der Waals surface area contributed by atoms with Crippen molar-refractivity contribution in [2.75, 3.05) is 13.1 Å². The Bertz CT molecular complexity index is 1300. The molecule has 3 aromatic carbocycles. The molecule has 1 aromatic heterocycles. The molecule has 35 heavy (non-hydrogen) atoms. The van der Waals surface area contributed by atoms with Crippen LogP contribution in [0.1, 0.15) is 28.9 Å². The Labute approximate surface area is 204 Å². The van der Waals surface area contributed by atoms with Crippen LogP contribution in [0.5, 0.6) is 5.75 Å². The Morgan fingerprint density at radius 2 is 1.86 bits per heavy atom. The second kappa shape index (κ2) is 11.7. The topological polar surface area (TPSA) is 124 Å². The minimum absolute atomic E-state index is 0.0887. The molecule has 0 saturated carbocycles. The Morgan fingerprint density at radius 1 is 1.00 bits per heavy atom. The van der Waals surface area contributed by atoms with Gasteiger partial charge in [-0.05, 0) is 66.5 Å². The second-order valence-corrected chi connectivity index (χ2v) is 8.46. The first-order chi connectivity index (χ1) is 17.1. The number of ether oxygens (including phenoxy) is 1. The molecular weight excluding hydrogens is 442 g/mol. The molecule has 0 aliphatic heterocycles. The largest absolute Gasteiger partial charge is 0.489 e. The van der Waals surface area contributed by atoms with E-state index in [0.29, 0.717) is 37.6 Å². The Hall–Kier alpha value is -3.65. The van der Waals surface area contributed by atoms with Crippen LogP contribution >= 0.6 is 0 Å². The van der Waals surface area contributed by atoms with E-state index < -0.39 is 5.97 Å². The molecule has 0 atom stereocenters. The normalized spacial score (nSPS) is 11.1. The van der Waals surface area contributed by atoms with Gasteiger partial charge >= 0.3 is 5.97 Å². The predicted octanol–water partition coefficient (Wildman–Crippen LogP) is 4.20. The van der Waals surface area contributed by atoms with Crippen molar-refractivity contribution in [3.05, 3.63) is 89.2 Å². The fraction of sp³-hybridized carbons (Fsp3) is 0.250. The fourth-order valence-corrected chi connectivity index (χ4v) is 4.07. The van der Waals surface area contributed by atoms with Gasteiger partial charge in [0.2, 0.25) is 0 Å². The summed E-state index contributed by atoms with van der Waals surface area (Å²) < 4.78 is 12.3. The number of benzene rings is 3. The second-order valence-electron chi connectivity index (χ2n) is 8.46. The van der Waals surface area contributed by atoms with Crippen molar-refractivity contribution in [1.82, 2.24) is 5.32 Å². The van der Waals surface area contributed by atoms with Crippen molar-refractivity contribution in [3.8, 4) is 16.9 Å². The van der Waals surface area contributed by atoms with Gasteiger partial charge in [0.25, 0.3) is 0 Å². The summed E-state index contributed by atoms with van der Waals surface area (Å²) in [5.74, 6) is 0.521. The zero-order valence-corrected chi connectivity index (χ0v) is 19.6. The van der Waals surface area contributed by atoms with Gasteiger partial charge in [0, 0.05) is 23.1 Å². The molecule has 7 nitrogen and oxygen atoms in total. The van der Waals surface area contributed by atoms with E-state index in [-0.39, 0.29) is 6.42 Å². The van der Waals surface area contributed by atoms with Gasteiger partial charge in [0.15, 0.2) is 0 Å². The van der Waals surface area contributed by atoms with Gasteiger partial charge in [-0.2, -0.15) is 0 Å². The average Bonchev–Trinajstić information content (AvgIpc) is 3.28. The van der Waals surface area contributed by atoms with Gasteiger partial charge in [0.1, 0.15) is 23.7 Å². The van der Waals surface area contributed by atoms with Crippen LogP contribution in [0.15, 0.2) is 71.1 Å². The van der Waals surface area contributed by atoms with Crippen LogP contribution in [-0.2, 0) is 30.9 Å². The van der Waals surface area contributed by atoms with Crippen LogP contribution in [0.3, 0.4) is 0 Å². The summed E-state index contributed by atoms with van der Waals surface area (Å²) in [4.78, 5) is 11.2. The molecule has 7 heteroatoms. The number of nitrogens with two attached hydrogens (primary N) is 2. The highest BCUT2D eigenvalue weighted by molar-refractivity contribution is 5.93. The number of nitrogens with one attached hydrogen (secondary N) is 1. The molecule has 4 rings (SSSR count). The maximum Gasteiger partial charge on any atom is 0.307 e. The third-order valence-corrected chi connectivity index (χ3v) is 5.77. The summed E-state index contributed by atoms with van der Waals surface area (Å²) in [6, 6.07) is 21.5. The maximum absolute atomic E-state index is 11.2. The molecule has 0 aliphatic rings. The van der Waals surface area contributed by atoms with Gasteiger partial charge in [-0.25, -0.2) is 0 Å². The first kappa shape index (κ1) is 24.5. The van der Waals surface area contributed by atoms with Crippen LogP contribution in [-0.4, -0.2) is 24.2 Å². The fourth-order valence-electron chi connectivity index (χ4n) is 4.07. The highest BCUT2D eigenvalue weighted by atomic mass is 16.5. The first-order valence-electron chi connectivity index (χ1n) is 11.8. The lowest BCUT2D eigenvalue weighted by atomic mass is 9.99. The molecule has 0 spiro atoms. The maximum atomic E-state index is 11.2. The molecule has 0 fully saturated rings. The summed E-state index contributed by atoms with van der Waals surface area (Å²) in [6.07, 6.45) is 0.816. The Balaban J connectivity index is 1.66. The van der Waals surface area contributed by atoms with Crippen LogP contribution < -0.4 is 21.5 Å². The molecule has 0 bridgehead atoms. The quantitative estimate of drug-likeness (QED) is 0.227. The van der Waals surface area contributed by atoms with E-state index >= 15 is 0 Å². The van der Waals surface area contributed by atoms with Crippen molar-refractivity contribution in [2.45, 2.75) is 32.5 Å². The number of aliphatic carboxylic acids is 1. The van der Waals surface area contributed by atoms with Crippen molar-refractivity contribution in [1.29, 1.82) is 0 Å². The summed E-state index contributed by atoms with van der Waals surface area (Å²) in [5, 5.41) is 13.5. The van der Waals surface area contributed by atoms with Crippen molar-refractivity contribution in [3.63, 3.8) is 0 Å². The van der Waals surface area contributed by atoms with E-state index in [1.807, 2.05) is 36.4 Å². The van der Waals surface area contributed by atoms with E-state index in [0.717, 1.165) is 51.9 Å². The number of carboxylic acids is 1. The van der Waals surface area contributed by atoms with E-state index in [1.165, 1.54) is 0 Å². The number of carbonyl (C=O) groups is 1. The lowest BCUT2D eigenvalue weighted by Crippen LogP contribution is -2.17. The SMILES string of the molecule is NCCCNCc1cc2cc(COc3ccccc3CC(=O)O)cc(-c3cccc(CN)c3)c2o1. The number of para-hydroxylation sites is 1. The number of hydrogen-bond donors (Lipinski definition) is 4. The molecule has 6 N–H and O–H groups in total. The average molecular weight is 474 g/mol. The van der Waals surface area contributed by atoms with E-state index in [1.54, 1.807) is 12.1 Å². The standard InChI is InChI=1S/C28H31N3O4/c29-9-4-10-31-17-24-14-23-12-20(18-34-26-8-2-1-6-22(26)15-27(32)33)13-25(28(23)35-24)21-7-3-5-19(11-21)16-30/h1-3,5-8,11-14,31H,4,9-10,15-18,29-30H2,(H,32,33). The zero-order valence-electron chi connectivity index (χ0n) is 19.6. The number of carboxylic acid groups (broad SMARTS) is 1. The molecule has 1 heterocycles. The third kappa shape index (κ3) is 6.27. The predicted molar refractivity (Wildman–Crippen MR) is 137 cm³/mol. The van der Waals surface area contributed by atoms with E-state index in [2.05, 4.69) is 23.5 Å². The van der Waals surface area contributed by atoms with E-state index in [4.69, 9.17) is 20.6 Å². The van der Waals surface area contributed by atoms with Gasteiger partial charge < -0.3 is 31.0 Å². The number of furan rings is 1. The van der Waals surface area contributed by atoms with E-state index in [9.17, 15) is 9.90 Å². The Morgan fingerprint density at radius 3 is 2.66 bits per heavy atom. The molecule has 0 saturated heterocycles. The molecule has 4 aromatic rings. The molecule has 0 unspecified atom stereocenters. The minimum atomic E-state index is -0.893. The third-order valence-electron chi connectivity index (χ3n) is 5.77. The van der Waals surface area contributed by atoms with Crippen LogP contribution in [0.2, 0.25) is 0 Å². The smallest absolute Gasteiger partial charge is 0.307 e. The summed E-state index contributed by atoms with van der Waals surface area (Å²) >= 11 is 0. The number of rotatable bonds is 12. The van der Waals surface area contributed by atoms with Gasteiger partial charge in [0.05, 0.1) is 13.0 Å². The lowest BCUT2D eigenvalue weighted by Gasteiger charge is -2.12. The highest BCUT2D eigenvalue weighted by Gasteiger charge is 2.14. The van der Waals surface area contributed by atoms with Crippen LogP contribution in [0, 0.1) is 0 Å². The van der Waals surface area contributed by atoms with Gasteiger partial charge in [-0.15, -0.1) is 0 Å². The molecule has 0 aliphatic carbocycles. The summed E-state index contributed by atoms with van der Waals surface area (Å²) in [7, 11) is 0. The van der Waals surface area contributed by atoms with Gasteiger partial charge in [-0.3, -0.25) is 4.79 Å². The summed E-state index contributed by atoms with van der Waals surface area (Å²) in [5.41, 5.74) is 16.9. The van der Waals surface area contributed by atoms with Crippen LogP contribution in [0.4, 0.5) is 0 Å². The zero-order chi connectivity index (χ0) is 24.6. The molecule has 182 valence electrons. The monoisotopic (exact) mass is 473 g/mol. The number of fused-ring (bicyclic) bond motifs is 1. The highest BCUT2D eigenvalue weighted by Crippen LogP contribution is 2.34. The Kier molecular flexibility index (Phi) is 8.15. The minimum Gasteiger partial charge on any atom is -0.489 e. The van der Waals surface area contributed by atoms with Gasteiger partial charge in [-0.1, -0.05) is 36.4 Å². The molecular formula is C28H31N3O4. The summed E-state index contributed by atoms with van der Waals surface area (Å²) in [6.45, 7) is 2.84. The van der Waals surface area contributed by atoms with Crippen LogP contribution in [0.25, 0.3) is 22.1 Å². The first-order valence-corrected chi connectivity index (χ1v) is 11.8.